The number of piperidine rings is 1. The number of unbranched alkanes of at least 4 members (excludes halogenated alkanes) is 3. The summed E-state index contributed by atoms with van der Waals surface area (Å²) in [5, 5.41) is 11.4. The lowest BCUT2D eigenvalue weighted by atomic mass is 10.0. The highest BCUT2D eigenvalue weighted by molar-refractivity contribution is 5.74. The quantitative estimate of drug-likeness (QED) is 0.259. The van der Waals surface area contributed by atoms with Gasteiger partial charge in [-0.3, -0.25) is 14.5 Å². The van der Waals surface area contributed by atoms with Gasteiger partial charge in [-0.1, -0.05) is 50.7 Å². The van der Waals surface area contributed by atoms with Crippen LogP contribution in [-0.2, 0) is 9.63 Å². The van der Waals surface area contributed by atoms with Crippen LogP contribution in [0.15, 0.2) is 12.2 Å². The number of hydrogen-bond donors (Lipinski definition) is 1. The molecule has 0 spiro atoms. The van der Waals surface area contributed by atoms with Crippen LogP contribution in [0.4, 0.5) is 0 Å². The molecule has 1 aliphatic rings. The van der Waals surface area contributed by atoms with Gasteiger partial charge in [0, 0.05) is 25.9 Å². The van der Waals surface area contributed by atoms with Crippen molar-refractivity contribution in [1.29, 1.82) is 0 Å². The smallest absolute Gasteiger partial charge is 0.245 e. The first-order chi connectivity index (χ1) is 13.1. The van der Waals surface area contributed by atoms with Crippen molar-refractivity contribution in [1.82, 2.24) is 9.96 Å². The predicted molar refractivity (Wildman–Crippen MR) is 110 cm³/mol. The molecule has 2 atom stereocenters. The van der Waals surface area contributed by atoms with Gasteiger partial charge in [0.15, 0.2) is 0 Å². The molecular weight excluding hydrogens is 340 g/mol. The summed E-state index contributed by atoms with van der Waals surface area (Å²) in [7, 11) is 3.12. The monoisotopic (exact) mass is 378 g/mol. The molecule has 1 unspecified atom stereocenters. The Hall–Kier alpha value is -1.35. The lowest BCUT2D eigenvalue weighted by molar-refractivity contribution is -0.168. The summed E-state index contributed by atoms with van der Waals surface area (Å²) >= 11 is 0. The van der Waals surface area contributed by atoms with Crippen LogP contribution in [0.3, 0.4) is 0 Å². The van der Waals surface area contributed by atoms with Crippen molar-refractivity contribution in [2.75, 3.05) is 27.2 Å². The van der Waals surface area contributed by atoms with Crippen molar-refractivity contribution in [3.8, 4) is 11.8 Å². The second kappa shape index (κ2) is 14.7. The van der Waals surface area contributed by atoms with Crippen molar-refractivity contribution in [2.24, 2.45) is 0 Å². The summed E-state index contributed by atoms with van der Waals surface area (Å²) in [6.45, 7) is 4.00. The van der Waals surface area contributed by atoms with E-state index < -0.39 is 0 Å². The Labute approximate surface area is 165 Å². The van der Waals surface area contributed by atoms with Crippen LogP contribution in [0.1, 0.15) is 71.1 Å². The van der Waals surface area contributed by atoms with Gasteiger partial charge in [0.1, 0.15) is 0 Å². The number of rotatable bonds is 11. The molecule has 27 heavy (non-hydrogen) atoms. The van der Waals surface area contributed by atoms with E-state index in [-0.39, 0.29) is 12.0 Å². The highest BCUT2D eigenvalue weighted by Gasteiger charge is 2.19. The van der Waals surface area contributed by atoms with Gasteiger partial charge in [-0.25, -0.2) is 5.06 Å². The Morgan fingerprint density at radius 1 is 1.33 bits per heavy atom. The average molecular weight is 379 g/mol. The van der Waals surface area contributed by atoms with Gasteiger partial charge in [0.2, 0.25) is 5.91 Å². The fraction of sp³-hybridized carbons (Fsp3) is 0.773. The van der Waals surface area contributed by atoms with Crippen molar-refractivity contribution in [2.45, 2.75) is 83.3 Å². The van der Waals surface area contributed by atoms with Gasteiger partial charge in [-0.2, -0.15) is 0 Å². The van der Waals surface area contributed by atoms with Gasteiger partial charge in [-0.05, 0) is 32.2 Å². The van der Waals surface area contributed by atoms with E-state index in [4.69, 9.17) is 4.84 Å². The van der Waals surface area contributed by atoms with Crippen molar-refractivity contribution in [3.05, 3.63) is 12.2 Å². The number of hydrogen-bond acceptors (Lipinski definition) is 4. The Balaban J connectivity index is 2.34. The fourth-order valence-electron chi connectivity index (χ4n) is 3.22. The van der Waals surface area contributed by atoms with Crippen LogP contribution in [0.5, 0.6) is 0 Å². The molecule has 5 heteroatoms. The highest BCUT2D eigenvalue weighted by atomic mass is 16.7. The molecule has 1 N–H and O–H groups in total. The number of carbonyl (C=O) groups is 1. The zero-order valence-electron chi connectivity index (χ0n) is 17.5. The summed E-state index contributed by atoms with van der Waals surface area (Å²) in [6.07, 6.45) is 13.7. The predicted octanol–water partition coefficient (Wildman–Crippen LogP) is 3.53. The molecule has 1 rings (SSSR count). The van der Waals surface area contributed by atoms with Gasteiger partial charge in [-0.15, -0.1) is 5.92 Å². The molecule has 0 radical (unpaired) electrons. The zero-order chi connectivity index (χ0) is 19.9. The first-order valence-electron chi connectivity index (χ1n) is 10.4. The minimum Gasteiger partial charge on any atom is -0.389 e. The SMILES string of the molecule is CCCCCC(O)/C=C/[C@H]1CCCCN1CC#CCCCC(=O)N(C)OC. The van der Waals surface area contributed by atoms with E-state index in [9.17, 15) is 9.90 Å². The van der Waals surface area contributed by atoms with E-state index in [0.717, 1.165) is 45.2 Å². The first kappa shape index (κ1) is 23.7. The first-order valence-corrected chi connectivity index (χ1v) is 10.4. The number of aliphatic hydroxyl groups excluding tert-OH is 1. The molecule has 0 aromatic rings. The summed E-state index contributed by atoms with van der Waals surface area (Å²) in [5.74, 6) is 6.43. The molecule has 0 saturated carbocycles. The molecular formula is C22H38N2O3. The van der Waals surface area contributed by atoms with Crippen LogP contribution < -0.4 is 0 Å². The highest BCUT2D eigenvalue weighted by Crippen LogP contribution is 2.18. The molecule has 1 fully saturated rings. The normalized spacial score (nSPS) is 18.9. The van der Waals surface area contributed by atoms with E-state index in [1.54, 1.807) is 7.05 Å². The molecule has 1 amide bonds. The summed E-state index contributed by atoms with van der Waals surface area (Å²) in [6, 6.07) is 0.380. The number of nitrogens with zero attached hydrogens (tertiary/aromatic N) is 2. The number of carbonyl (C=O) groups excluding carboxylic acids is 1. The zero-order valence-corrected chi connectivity index (χ0v) is 17.5. The molecule has 5 nitrogen and oxygen atoms in total. The second-order valence-corrected chi connectivity index (χ2v) is 7.26. The minimum absolute atomic E-state index is 0.0157. The van der Waals surface area contributed by atoms with E-state index in [1.807, 2.05) is 6.08 Å². The number of amides is 1. The molecule has 154 valence electrons. The maximum atomic E-state index is 11.6. The largest absolute Gasteiger partial charge is 0.389 e. The lowest BCUT2D eigenvalue weighted by Crippen LogP contribution is -2.38. The van der Waals surface area contributed by atoms with Crippen molar-refractivity contribution >= 4 is 5.91 Å². The lowest BCUT2D eigenvalue weighted by Gasteiger charge is -2.32. The maximum absolute atomic E-state index is 11.6. The summed E-state index contributed by atoms with van der Waals surface area (Å²) in [4.78, 5) is 18.9. The van der Waals surface area contributed by atoms with Crippen molar-refractivity contribution < 1.29 is 14.7 Å². The topological polar surface area (TPSA) is 53.0 Å². The molecule has 0 bridgehead atoms. The van der Waals surface area contributed by atoms with Crippen LogP contribution in [0, 0.1) is 11.8 Å². The number of hydroxylamine groups is 2. The Morgan fingerprint density at radius 2 is 2.15 bits per heavy atom. The van der Waals surface area contributed by atoms with E-state index in [0.29, 0.717) is 12.5 Å². The fourth-order valence-corrected chi connectivity index (χ4v) is 3.22. The summed E-state index contributed by atoms with van der Waals surface area (Å²) < 4.78 is 0. The van der Waals surface area contributed by atoms with Crippen LogP contribution in [-0.4, -0.2) is 60.4 Å². The van der Waals surface area contributed by atoms with Crippen LogP contribution in [0.2, 0.25) is 0 Å². The molecule has 0 aliphatic carbocycles. The van der Waals surface area contributed by atoms with Gasteiger partial charge in [0.25, 0.3) is 0 Å². The molecule has 0 aromatic heterocycles. The van der Waals surface area contributed by atoms with Gasteiger partial charge >= 0.3 is 0 Å². The minimum atomic E-state index is -0.325. The van der Waals surface area contributed by atoms with E-state index in [1.165, 1.54) is 37.9 Å². The Bertz CT molecular complexity index is 496. The molecule has 1 heterocycles. The Morgan fingerprint density at radius 3 is 2.89 bits per heavy atom. The van der Waals surface area contributed by atoms with Gasteiger partial charge in [0.05, 0.1) is 19.8 Å². The third-order valence-electron chi connectivity index (χ3n) is 5.05. The number of likely N-dealkylation sites (tertiary alicyclic amines) is 1. The third-order valence-corrected chi connectivity index (χ3v) is 5.05. The van der Waals surface area contributed by atoms with E-state index in [2.05, 4.69) is 29.7 Å². The average Bonchev–Trinajstić information content (AvgIpc) is 2.69. The standard InChI is InChI=1S/C22H38N2O3/c1-4-5-8-14-21(25)17-16-20-13-10-12-19-24(20)18-11-7-6-9-15-22(26)23(2)27-3/h16-17,20-21,25H,4-6,8-10,12-15,18-19H2,1-3H3/b17-16+/t20-,21?/m1/s1. The second-order valence-electron chi connectivity index (χ2n) is 7.26. The van der Waals surface area contributed by atoms with Gasteiger partial charge < -0.3 is 5.11 Å². The molecule has 0 aromatic carbocycles. The van der Waals surface area contributed by atoms with Crippen molar-refractivity contribution in [3.63, 3.8) is 0 Å². The molecule has 1 aliphatic heterocycles. The Kier molecular flexibility index (Phi) is 12.9. The summed E-state index contributed by atoms with van der Waals surface area (Å²) in [5.41, 5.74) is 0. The van der Waals surface area contributed by atoms with Crippen LogP contribution in [0.25, 0.3) is 0 Å². The van der Waals surface area contributed by atoms with Crippen LogP contribution >= 0.6 is 0 Å². The third kappa shape index (κ3) is 10.5. The van der Waals surface area contributed by atoms with E-state index >= 15 is 0 Å². The number of aliphatic hydroxyl groups is 1. The molecule has 1 saturated heterocycles. The maximum Gasteiger partial charge on any atom is 0.245 e.